The number of hydrogen-bond donors (Lipinski definition) is 2. The van der Waals surface area contributed by atoms with Crippen molar-refractivity contribution in [1.82, 2.24) is 4.90 Å². The van der Waals surface area contributed by atoms with Crippen LogP contribution in [0.2, 0.25) is 0 Å². The molecule has 0 spiro atoms. The lowest BCUT2D eigenvalue weighted by Gasteiger charge is -2.28. The van der Waals surface area contributed by atoms with Gasteiger partial charge in [0.15, 0.2) is 0 Å². The Hall–Kier alpha value is -0.610. The average Bonchev–Trinajstić information content (AvgIpc) is 2.68. The van der Waals surface area contributed by atoms with E-state index in [9.17, 15) is 15.0 Å². The number of aliphatic carboxylic acids is 1. The van der Waals surface area contributed by atoms with Crippen LogP contribution in [-0.2, 0) is 4.79 Å². The third kappa shape index (κ3) is 1.96. The predicted molar refractivity (Wildman–Crippen MR) is 60.1 cm³/mol. The standard InChI is InChI=1S/C12H21NO3/c1-7(2)11(12(15)16)13-5-8-3-4-10(14)9(8)6-13/h7-11,14H,3-6H2,1-2H3,(H,15,16). The van der Waals surface area contributed by atoms with Crippen LogP contribution >= 0.6 is 0 Å². The molecule has 2 N–H and O–H groups in total. The Morgan fingerprint density at radius 2 is 2.00 bits per heavy atom. The van der Waals surface area contributed by atoms with Crippen LogP contribution in [0.25, 0.3) is 0 Å². The van der Waals surface area contributed by atoms with Crippen molar-refractivity contribution in [3.05, 3.63) is 0 Å². The molecule has 4 atom stereocenters. The van der Waals surface area contributed by atoms with Gasteiger partial charge in [-0.2, -0.15) is 0 Å². The molecular weight excluding hydrogens is 206 g/mol. The number of carboxylic acid groups (broad SMARTS) is 1. The zero-order chi connectivity index (χ0) is 11.9. The Bertz CT molecular complexity index is 279. The first kappa shape index (κ1) is 11.9. The summed E-state index contributed by atoms with van der Waals surface area (Å²) in [6, 6.07) is -0.391. The van der Waals surface area contributed by atoms with Crippen molar-refractivity contribution in [3.63, 3.8) is 0 Å². The van der Waals surface area contributed by atoms with Crippen molar-refractivity contribution in [2.24, 2.45) is 17.8 Å². The van der Waals surface area contributed by atoms with Crippen molar-refractivity contribution in [3.8, 4) is 0 Å². The zero-order valence-electron chi connectivity index (χ0n) is 9.97. The van der Waals surface area contributed by atoms with Crippen LogP contribution in [0.3, 0.4) is 0 Å². The van der Waals surface area contributed by atoms with E-state index in [1.54, 1.807) is 0 Å². The van der Waals surface area contributed by atoms with Crippen molar-refractivity contribution in [1.29, 1.82) is 0 Å². The van der Waals surface area contributed by atoms with E-state index in [2.05, 4.69) is 0 Å². The van der Waals surface area contributed by atoms with Crippen LogP contribution in [-0.4, -0.2) is 46.3 Å². The SMILES string of the molecule is CC(C)C(C(=O)O)N1CC2CCC(O)C2C1. The molecule has 92 valence electrons. The van der Waals surface area contributed by atoms with Gasteiger partial charge in [-0.25, -0.2) is 0 Å². The molecule has 4 nitrogen and oxygen atoms in total. The number of hydrogen-bond acceptors (Lipinski definition) is 3. The van der Waals surface area contributed by atoms with E-state index in [-0.39, 0.29) is 12.0 Å². The maximum atomic E-state index is 11.2. The van der Waals surface area contributed by atoms with Gasteiger partial charge in [0, 0.05) is 19.0 Å². The topological polar surface area (TPSA) is 60.8 Å². The third-order valence-corrected chi connectivity index (χ3v) is 4.13. The highest BCUT2D eigenvalue weighted by Crippen LogP contribution is 2.39. The van der Waals surface area contributed by atoms with Crippen molar-refractivity contribution in [2.45, 2.75) is 38.8 Å². The van der Waals surface area contributed by atoms with E-state index in [1.165, 1.54) is 0 Å². The minimum Gasteiger partial charge on any atom is -0.480 e. The summed E-state index contributed by atoms with van der Waals surface area (Å²) in [4.78, 5) is 13.3. The second-order valence-electron chi connectivity index (χ2n) is 5.55. The van der Waals surface area contributed by atoms with Crippen LogP contribution in [0.4, 0.5) is 0 Å². The minimum absolute atomic E-state index is 0.119. The van der Waals surface area contributed by atoms with Crippen LogP contribution in [0.15, 0.2) is 0 Å². The van der Waals surface area contributed by atoms with Gasteiger partial charge < -0.3 is 10.2 Å². The van der Waals surface area contributed by atoms with Crippen LogP contribution in [0.1, 0.15) is 26.7 Å². The summed E-state index contributed by atoms with van der Waals surface area (Å²) in [5.41, 5.74) is 0. The van der Waals surface area contributed by atoms with Crippen LogP contribution in [0.5, 0.6) is 0 Å². The van der Waals surface area contributed by atoms with E-state index >= 15 is 0 Å². The molecule has 4 unspecified atom stereocenters. The molecule has 1 saturated heterocycles. The molecule has 4 heteroatoms. The van der Waals surface area contributed by atoms with E-state index in [4.69, 9.17) is 0 Å². The highest BCUT2D eigenvalue weighted by Gasteiger charge is 2.45. The maximum absolute atomic E-state index is 11.2. The van der Waals surface area contributed by atoms with Gasteiger partial charge in [-0.1, -0.05) is 13.8 Å². The molecule has 1 heterocycles. The highest BCUT2D eigenvalue weighted by molar-refractivity contribution is 5.73. The number of nitrogens with zero attached hydrogens (tertiary/aromatic N) is 1. The van der Waals surface area contributed by atoms with Gasteiger partial charge in [0.25, 0.3) is 0 Å². The highest BCUT2D eigenvalue weighted by atomic mass is 16.4. The minimum atomic E-state index is -0.732. The number of carboxylic acids is 1. The fraction of sp³-hybridized carbons (Fsp3) is 0.917. The summed E-state index contributed by atoms with van der Waals surface area (Å²) in [6.45, 7) is 5.49. The molecule has 1 saturated carbocycles. The number of rotatable bonds is 3. The van der Waals surface area contributed by atoms with Gasteiger partial charge in [0.2, 0.25) is 0 Å². The molecule has 0 aromatic rings. The Labute approximate surface area is 96.3 Å². The summed E-state index contributed by atoms with van der Waals surface area (Å²) in [6.07, 6.45) is 1.73. The summed E-state index contributed by atoms with van der Waals surface area (Å²) in [5.74, 6) is 0.203. The van der Waals surface area contributed by atoms with E-state index < -0.39 is 12.0 Å². The van der Waals surface area contributed by atoms with Crippen LogP contribution < -0.4 is 0 Å². The zero-order valence-corrected chi connectivity index (χ0v) is 9.97. The van der Waals surface area contributed by atoms with Crippen molar-refractivity contribution >= 4 is 5.97 Å². The Balaban J connectivity index is 2.05. The lowest BCUT2D eigenvalue weighted by molar-refractivity contribution is -0.144. The maximum Gasteiger partial charge on any atom is 0.321 e. The number of aliphatic hydroxyl groups excluding tert-OH is 1. The first-order valence-electron chi connectivity index (χ1n) is 6.15. The second-order valence-corrected chi connectivity index (χ2v) is 5.55. The van der Waals surface area contributed by atoms with E-state index in [1.807, 2.05) is 18.7 Å². The Morgan fingerprint density at radius 1 is 1.31 bits per heavy atom. The van der Waals surface area contributed by atoms with Gasteiger partial charge in [-0.05, 0) is 24.7 Å². The summed E-state index contributed by atoms with van der Waals surface area (Å²) in [5, 5.41) is 19.0. The van der Waals surface area contributed by atoms with Gasteiger partial charge in [-0.3, -0.25) is 9.69 Å². The van der Waals surface area contributed by atoms with Gasteiger partial charge in [0.05, 0.1) is 6.10 Å². The molecule has 1 aliphatic heterocycles. The third-order valence-electron chi connectivity index (χ3n) is 4.13. The molecule has 2 rings (SSSR count). The molecule has 0 aromatic heterocycles. The fourth-order valence-corrected chi connectivity index (χ4v) is 3.36. The number of carbonyl (C=O) groups is 1. The van der Waals surface area contributed by atoms with Crippen molar-refractivity contribution in [2.75, 3.05) is 13.1 Å². The molecule has 1 aliphatic carbocycles. The van der Waals surface area contributed by atoms with Crippen molar-refractivity contribution < 1.29 is 15.0 Å². The van der Waals surface area contributed by atoms with E-state index in [0.29, 0.717) is 11.8 Å². The number of aliphatic hydroxyl groups is 1. The Morgan fingerprint density at radius 3 is 2.50 bits per heavy atom. The quantitative estimate of drug-likeness (QED) is 0.748. The molecule has 2 fully saturated rings. The second kappa shape index (κ2) is 4.34. The average molecular weight is 227 g/mol. The number of likely N-dealkylation sites (tertiary alicyclic amines) is 1. The first-order chi connectivity index (χ1) is 7.50. The molecule has 16 heavy (non-hydrogen) atoms. The summed E-state index contributed by atoms with van der Waals surface area (Å²) in [7, 11) is 0. The molecule has 2 aliphatic rings. The lowest BCUT2D eigenvalue weighted by Crippen LogP contribution is -2.44. The van der Waals surface area contributed by atoms with Gasteiger partial charge in [0.1, 0.15) is 6.04 Å². The van der Waals surface area contributed by atoms with Gasteiger partial charge in [-0.15, -0.1) is 0 Å². The van der Waals surface area contributed by atoms with Crippen LogP contribution in [0, 0.1) is 17.8 Å². The molecule has 0 aromatic carbocycles. The van der Waals surface area contributed by atoms with E-state index in [0.717, 1.165) is 25.9 Å². The monoisotopic (exact) mass is 227 g/mol. The summed E-state index contributed by atoms with van der Waals surface area (Å²) < 4.78 is 0. The largest absolute Gasteiger partial charge is 0.480 e. The molecule has 0 radical (unpaired) electrons. The Kier molecular flexibility index (Phi) is 3.22. The fourth-order valence-electron chi connectivity index (χ4n) is 3.36. The molecular formula is C12H21NO3. The number of fused-ring (bicyclic) bond motifs is 1. The summed E-state index contributed by atoms with van der Waals surface area (Å²) >= 11 is 0. The normalized spacial score (nSPS) is 36.6. The van der Waals surface area contributed by atoms with Gasteiger partial charge >= 0.3 is 5.97 Å². The lowest BCUT2D eigenvalue weighted by atomic mass is 9.99. The molecule has 0 bridgehead atoms. The predicted octanol–water partition coefficient (Wildman–Crippen LogP) is 0.798. The first-order valence-corrected chi connectivity index (χ1v) is 6.15. The molecule has 0 amide bonds. The smallest absolute Gasteiger partial charge is 0.321 e.